The van der Waals surface area contributed by atoms with Crippen LogP contribution in [0.5, 0.6) is 17.2 Å². The molecule has 4 aromatic carbocycles. The maximum Gasteiger partial charge on any atom is 0.264 e. The first-order valence-corrected chi connectivity index (χ1v) is 19.9. The minimum absolute atomic E-state index is 0.00920. The second kappa shape index (κ2) is 14.2. The Kier molecular flexibility index (Phi) is 8.79. The van der Waals surface area contributed by atoms with E-state index in [0.717, 1.165) is 92.1 Å². The Bertz CT molecular complexity index is 2530. The van der Waals surface area contributed by atoms with E-state index >= 15 is 9.59 Å². The number of likely N-dealkylation sites (N-methyl/N-ethyl adjacent to an activating group) is 1. The van der Waals surface area contributed by atoms with E-state index in [1.165, 1.54) is 11.1 Å². The molecule has 2 aromatic heterocycles. The van der Waals surface area contributed by atoms with Gasteiger partial charge in [0.25, 0.3) is 11.8 Å². The summed E-state index contributed by atoms with van der Waals surface area (Å²) in [6.07, 6.45) is 4.40. The minimum Gasteiger partial charge on any atom is -0.508 e. The van der Waals surface area contributed by atoms with Crippen molar-refractivity contribution in [3.8, 4) is 28.5 Å². The monoisotopic (exact) mass is 762 g/mol. The average Bonchev–Trinajstić information content (AvgIpc) is 4.04. The van der Waals surface area contributed by atoms with Crippen molar-refractivity contribution in [3.05, 3.63) is 125 Å². The minimum atomic E-state index is -0.179. The number of hydrogen-bond acceptors (Lipinski definition) is 7. The first-order valence-electron chi connectivity index (χ1n) is 19.9. The van der Waals surface area contributed by atoms with Crippen LogP contribution in [0, 0.1) is 0 Å². The molecule has 0 unspecified atom stereocenters. The Morgan fingerprint density at radius 2 is 1.56 bits per heavy atom. The van der Waals surface area contributed by atoms with Gasteiger partial charge in [0.15, 0.2) is 11.5 Å². The highest BCUT2D eigenvalue weighted by Gasteiger charge is 2.36. The number of aryl methyl sites for hydroxylation is 1. The highest BCUT2D eigenvalue weighted by Crippen LogP contribution is 2.43. The fraction of sp³-hybridized carbons (Fsp3) is 0.304. The Hall–Kier alpha value is -6.04. The topological polar surface area (TPSA) is 95.7 Å². The number of hydrogen-bond donors (Lipinski definition) is 1. The zero-order valence-electron chi connectivity index (χ0n) is 32.4. The number of piperazine rings is 1. The molecule has 6 aromatic rings. The molecule has 6 heterocycles. The van der Waals surface area contributed by atoms with Crippen LogP contribution in [0.3, 0.4) is 0 Å². The van der Waals surface area contributed by atoms with Crippen LogP contribution < -0.4 is 14.4 Å². The third kappa shape index (κ3) is 6.31. The molecule has 1 saturated heterocycles. The highest BCUT2D eigenvalue weighted by atomic mass is 16.7. The Morgan fingerprint density at radius 1 is 0.807 bits per heavy atom. The van der Waals surface area contributed by atoms with E-state index in [-0.39, 0.29) is 30.4 Å². The van der Waals surface area contributed by atoms with Gasteiger partial charge in [0, 0.05) is 104 Å². The van der Waals surface area contributed by atoms with Crippen molar-refractivity contribution in [1.82, 2.24) is 23.8 Å². The fourth-order valence-electron chi connectivity index (χ4n) is 9.24. The predicted molar refractivity (Wildman–Crippen MR) is 220 cm³/mol. The van der Waals surface area contributed by atoms with Crippen LogP contribution in [-0.2, 0) is 33.0 Å². The quantitative estimate of drug-likeness (QED) is 0.191. The number of aromatic hydroxyl groups is 1. The summed E-state index contributed by atoms with van der Waals surface area (Å²) in [5.74, 6) is 1.03. The van der Waals surface area contributed by atoms with Crippen LogP contribution in [-0.4, -0.2) is 93.4 Å². The molecule has 0 aliphatic carbocycles. The van der Waals surface area contributed by atoms with E-state index in [4.69, 9.17) is 9.47 Å². The molecule has 0 saturated carbocycles. The molecule has 57 heavy (non-hydrogen) atoms. The van der Waals surface area contributed by atoms with Gasteiger partial charge in [-0.25, -0.2) is 0 Å². The lowest BCUT2D eigenvalue weighted by atomic mass is 9.92. The molecular weight excluding hydrogens is 717 g/mol. The lowest BCUT2D eigenvalue weighted by Gasteiger charge is -2.41. The lowest BCUT2D eigenvalue weighted by Crippen LogP contribution is -2.53. The van der Waals surface area contributed by atoms with Gasteiger partial charge in [0.1, 0.15) is 5.75 Å². The van der Waals surface area contributed by atoms with Gasteiger partial charge in [0.05, 0.1) is 11.1 Å². The number of phenols is 1. The van der Waals surface area contributed by atoms with Crippen LogP contribution in [0.15, 0.2) is 97.2 Å². The number of carbonyl (C=O) groups excluding carboxylic acids is 2. The molecule has 11 heteroatoms. The SMILES string of the molecule is CN1CCN(C[C@@H]2Cc3ccccc3CN2C(=O)c2cc3c(cc2-c2cc(C(=O)N(c4ccc(O)cc4)c4ccc5c(ccn5C)c4)c4n2CCC4)OCO3)CC1. The zero-order valence-corrected chi connectivity index (χ0v) is 32.4. The van der Waals surface area contributed by atoms with Crippen molar-refractivity contribution in [1.29, 1.82) is 0 Å². The second-order valence-electron chi connectivity index (χ2n) is 15.9. The van der Waals surface area contributed by atoms with Gasteiger partial charge in [-0.3, -0.25) is 19.4 Å². The molecule has 10 rings (SSSR count). The standard InChI is InChI=1S/C46H46N6O5/c1-47-18-20-49(21-19-47)28-35-22-30-6-3-4-7-32(30)27-51(35)45(54)38-26-44-43(56-29-57-44)25-37(38)42-24-39(41-8-5-16-50(41)42)46(55)52(33-9-12-36(53)13-10-33)34-11-14-40-31(23-34)15-17-48(40)2/h3-4,6-7,9-15,17,23-26,35,53H,5,8,16,18-22,27-29H2,1-2H3/t35-/m0/s1. The van der Waals surface area contributed by atoms with E-state index in [0.29, 0.717) is 34.9 Å². The van der Waals surface area contributed by atoms with E-state index in [9.17, 15) is 5.11 Å². The summed E-state index contributed by atoms with van der Waals surface area (Å²) in [5, 5.41) is 11.2. The molecule has 11 nitrogen and oxygen atoms in total. The molecule has 1 atom stereocenters. The van der Waals surface area contributed by atoms with Gasteiger partial charge in [-0.1, -0.05) is 24.3 Å². The molecule has 0 radical (unpaired) electrons. The largest absolute Gasteiger partial charge is 0.508 e. The molecule has 2 amide bonds. The lowest BCUT2D eigenvalue weighted by molar-refractivity contribution is 0.0536. The number of fused-ring (bicyclic) bond motifs is 4. The number of rotatable bonds is 7. The van der Waals surface area contributed by atoms with Crippen LogP contribution in [0.2, 0.25) is 0 Å². The van der Waals surface area contributed by atoms with Crippen molar-refractivity contribution >= 4 is 34.1 Å². The third-order valence-electron chi connectivity index (χ3n) is 12.4. The first-order chi connectivity index (χ1) is 27.8. The molecule has 290 valence electrons. The highest BCUT2D eigenvalue weighted by molar-refractivity contribution is 6.13. The Balaban J connectivity index is 1.07. The number of anilines is 2. The van der Waals surface area contributed by atoms with E-state index in [1.54, 1.807) is 29.2 Å². The number of amides is 2. The Morgan fingerprint density at radius 3 is 2.37 bits per heavy atom. The van der Waals surface area contributed by atoms with Crippen molar-refractivity contribution in [2.75, 3.05) is 51.5 Å². The van der Waals surface area contributed by atoms with E-state index in [2.05, 4.69) is 55.1 Å². The van der Waals surface area contributed by atoms with E-state index in [1.807, 2.05) is 55.7 Å². The molecule has 1 fully saturated rings. The third-order valence-corrected chi connectivity index (χ3v) is 12.4. The number of phenolic OH excluding ortho intramolecular Hbond substituents is 1. The van der Waals surface area contributed by atoms with Gasteiger partial charge >= 0.3 is 0 Å². The average molecular weight is 763 g/mol. The number of ether oxygens (including phenoxy) is 2. The van der Waals surface area contributed by atoms with Crippen molar-refractivity contribution in [2.45, 2.75) is 38.4 Å². The smallest absolute Gasteiger partial charge is 0.264 e. The molecule has 4 aliphatic heterocycles. The number of carbonyl (C=O) groups is 2. The van der Waals surface area contributed by atoms with Crippen LogP contribution >= 0.6 is 0 Å². The summed E-state index contributed by atoms with van der Waals surface area (Å²) in [4.78, 5) is 39.0. The zero-order chi connectivity index (χ0) is 38.8. The maximum atomic E-state index is 15.3. The molecular formula is C46H46N6O5. The van der Waals surface area contributed by atoms with Crippen LogP contribution in [0.1, 0.15) is 44.0 Å². The predicted octanol–water partition coefficient (Wildman–Crippen LogP) is 6.82. The summed E-state index contributed by atoms with van der Waals surface area (Å²) < 4.78 is 16.1. The Labute approximate surface area is 331 Å². The maximum absolute atomic E-state index is 15.3. The van der Waals surface area contributed by atoms with Gasteiger partial charge in [0.2, 0.25) is 6.79 Å². The van der Waals surface area contributed by atoms with E-state index < -0.39 is 0 Å². The summed E-state index contributed by atoms with van der Waals surface area (Å²) in [6.45, 7) is 6.08. The van der Waals surface area contributed by atoms with Crippen molar-refractivity contribution in [3.63, 3.8) is 0 Å². The van der Waals surface area contributed by atoms with Gasteiger partial charge < -0.3 is 33.5 Å². The normalized spacial score (nSPS) is 17.9. The van der Waals surface area contributed by atoms with Crippen molar-refractivity contribution in [2.24, 2.45) is 7.05 Å². The number of nitrogens with zero attached hydrogens (tertiary/aromatic N) is 6. The number of aromatic nitrogens is 2. The van der Waals surface area contributed by atoms with Crippen molar-refractivity contribution < 1.29 is 24.2 Å². The summed E-state index contributed by atoms with van der Waals surface area (Å²) in [5.41, 5.74) is 8.49. The van der Waals surface area contributed by atoms with Gasteiger partial charge in [-0.15, -0.1) is 0 Å². The van der Waals surface area contributed by atoms with Gasteiger partial charge in [-0.2, -0.15) is 0 Å². The fourth-order valence-corrected chi connectivity index (χ4v) is 9.24. The van der Waals surface area contributed by atoms with Crippen LogP contribution in [0.25, 0.3) is 22.2 Å². The molecule has 1 N–H and O–H groups in total. The number of benzene rings is 4. The second-order valence-corrected chi connectivity index (χ2v) is 15.9. The van der Waals surface area contributed by atoms with Crippen LogP contribution in [0.4, 0.5) is 11.4 Å². The first kappa shape index (κ1) is 35.4. The molecule has 0 bridgehead atoms. The summed E-state index contributed by atoms with van der Waals surface area (Å²) in [6, 6.07) is 29.0. The molecule has 4 aliphatic rings. The molecule has 0 spiro atoms. The summed E-state index contributed by atoms with van der Waals surface area (Å²) >= 11 is 0. The summed E-state index contributed by atoms with van der Waals surface area (Å²) in [7, 11) is 4.17. The van der Waals surface area contributed by atoms with Gasteiger partial charge in [-0.05, 0) is 104 Å².